The zero-order chi connectivity index (χ0) is 18.5. The topological polar surface area (TPSA) is 55.9 Å². The number of piperazine rings is 1. The first kappa shape index (κ1) is 18.7. The van der Waals surface area contributed by atoms with Crippen molar-refractivity contribution in [3.8, 4) is 0 Å². The molecule has 6 heteroatoms. The molecule has 0 unspecified atom stereocenters. The minimum atomic E-state index is -0.0507. The van der Waals surface area contributed by atoms with Crippen molar-refractivity contribution in [2.75, 3.05) is 46.8 Å². The van der Waals surface area contributed by atoms with E-state index in [0.717, 1.165) is 39.0 Å². The normalized spacial score (nSPS) is 20.4. The van der Waals surface area contributed by atoms with Gasteiger partial charge in [0.15, 0.2) is 0 Å². The van der Waals surface area contributed by atoms with Crippen LogP contribution in [0.1, 0.15) is 24.0 Å². The van der Waals surface area contributed by atoms with Crippen molar-refractivity contribution in [1.29, 1.82) is 0 Å². The number of nitrogens with zero attached hydrogens (tertiary/aromatic N) is 3. The molecule has 6 nitrogen and oxygen atoms in total. The van der Waals surface area contributed by atoms with Gasteiger partial charge in [0.05, 0.1) is 0 Å². The Morgan fingerprint density at radius 1 is 1.12 bits per heavy atom. The highest BCUT2D eigenvalue weighted by Crippen LogP contribution is 2.25. The Bertz CT molecular complexity index is 638. The van der Waals surface area contributed by atoms with Gasteiger partial charge in [0.1, 0.15) is 0 Å². The molecular weight excluding hydrogens is 328 g/mol. The Labute approximate surface area is 156 Å². The van der Waals surface area contributed by atoms with E-state index in [1.165, 1.54) is 17.5 Å². The summed E-state index contributed by atoms with van der Waals surface area (Å²) >= 11 is 0. The van der Waals surface area contributed by atoms with E-state index in [0.29, 0.717) is 19.0 Å². The highest BCUT2D eigenvalue weighted by Gasteiger charge is 2.28. The number of benzene rings is 1. The number of aryl methyl sites for hydroxylation is 1. The second-order valence-electron chi connectivity index (χ2n) is 7.46. The third-order valence-corrected chi connectivity index (χ3v) is 5.55. The van der Waals surface area contributed by atoms with E-state index in [-0.39, 0.29) is 11.9 Å². The third-order valence-electron chi connectivity index (χ3n) is 5.55. The second-order valence-corrected chi connectivity index (χ2v) is 7.46. The summed E-state index contributed by atoms with van der Waals surface area (Å²) in [6.07, 6.45) is 3.83. The summed E-state index contributed by atoms with van der Waals surface area (Å²) in [5, 5.41) is 2.87. The van der Waals surface area contributed by atoms with E-state index in [4.69, 9.17) is 0 Å². The highest BCUT2D eigenvalue weighted by atomic mass is 16.2. The lowest BCUT2D eigenvalue weighted by atomic mass is 9.87. The highest BCUT2D eigenvalue weighted by molar-refractivity contribution is 5.78. The number of hydrogen-bond donors (Lipinski definition) is 1. The Morgan fingerprint density at radius 2 is 1.81 bits per heavy atom. The van der Waals surface area contributed by atoms with Crippen LogP contribution < -0.4 is 5.32 Å². The number of fused-ring (bicyclic) bond motifs is 1. The van der Waals surface area contributed by atoms with Crippen molar-refractivity contribution in [3.05, 3.63) is 35.4 Å². The zero-order valence-corrected chi connectivity index (χ0v) is 15.9. The molecule has 1 N–H and O–H groups in total. The molecule has 0 radical (unpaired) electrons. The molecule has 1 saturated heterocycles. The maximum atomic E-state index is 12.3. The molecule has 26 heavy (non-hydrogen) atoms. The van der Waals surface area contributed by atoms with Gasteiger partial charge in [0, 0.05) is 59.3 Å². The smallest absolute Gasteiger partial charge is 0.317 e. The van der Waals surface area contributed by atoms with Crippen molar-refractivity contribution in [1.82, 2.24) is 20.0 Å². The molecule has 0 bridgehead atoms. The van der Waals surface area contributed by atoms with Crippen LogP contribution in [-0.4, -0.2) is 79.5 Å². The molecule has 2 aliphatic rings. The van der Waals surface area contributed by atoms with E-state index in [1.807, 2.05) is 4.90 Å². The minimum Gasteiger partial charge on any atom is -0.349 e. The van der Waals surface area contributed by atoms with Gasteiger partial charge < -0.3 is 15.1 Å². The molecular formula is C20H30N4O2. The van der Waals surface area contributed by atoms with Crippen LogP contribution in [0, 0.1) is 0 Å². The van der Waals surface area contributed by atoms with Gasteiger partial charge in [0.25, 0.3) is 0 Å². The monoisotopic (exact) mass is 358 g/mol. The summed E-state index contributed by atoms with van der Waals surface area (Å²) in [7, 11) is 3.46. The predicted molar refractivity (Wildman–Crippen MR) is 102 cm³/mol. The standard InChI is InChI=1S/C20H30N4O2/c1-22(2)19(25)9-10-21-20(26)24-13-11-23(12-14-24)18-8-7-16-5-3-4-6-17(16)15-18/h3-6,18H,7-15H2,1-2H3,(H,21,26)/t18-/m1/s1. The lowest BCUT2D eigenvalue weighted by Gasteiger charge is -2.41. The van der Waals surface area contributed by atoms with Crippen LogP contribution in [0.25, 0.3) is 0 Å². The largest absolute Gasteiger partial charge is 0.349 e. The fourth-order valence-corrected chi connectivity index (χ4v) is 3.89. The molecule has 142 valence electrons. The van der Waals surface area contributed by atoms with Gasteiger partial charge in [0.2, 0.25) is 5.91 Å². The van der Waals surface area contributed by atoms with Crippen LogP contribution in [-0.2, 0) is 17.6 Å². The molecule has 1 fully saturated rings. The molecule has 3 amide bonds. The summed E-state index contributed by atoms with van der Waals surface area (Å²) in [6, 6.07) is 9.29. The van der Waals surface area contributed by atoms with Crippen LogP contribution >= 0.6 is 0 Å². The molecule has 0 aromatic heterocycles. The number of urea groups is 1. The SMILES string of the molecule is CN(C)C(=O)CCNC(=O)N1CCN([C@@H]2CCc3ccccc3C2)CC1. The summed E-state index contributed by atoms with van der Waals surface area (Å²) in [6.45, 7) is 3.76. The van der Waals surface area contributed by atoms with Crippen LogP contribution in [0.5, 0.6) is 0 Å². The fraction of sp³-hybridized carbons (Fsp3) is 0.600. The Morgan fingerprint density at radius 3 is 2.50 bits per heavy atom. The van der Waals surface area contributed by atoms with E-state index in [9.17, 15) is 9.59 Å². The van der Waals surface area contributed by atoms with Gasteiger partial charge in [-0.25, -0.2) is 4.79 Å². The van der Waals surface area contributed by atoms with Crippen molar-refractivity contribution >= 4 is 11.9 Å². The second kappa shape index (κ2) is 8.54. The van der Waals surface area contributed by atoms with Gasteiger partial charge in [-0.3, -0.25) is 9.69 Å². The van der Waals surface area contributed by atoms with Gasteiger partial charge in [-0.2, -0.15) is 0 Å². The molecule has 1 atom stereocenters. The molecule has 1 heterocycles. The van der Waals surface area contributed by atoms with Crippen LogP contribution in [0.4, 0.5) is 4.79 Å². The Hall–Kier alpha value is -2.08. The van der Waals surface area contributed by atoms with Crippen molar-refractivity contribution in [2.45, 2.75) is 31.7 Å². The zero-order valence-electron chi connectivity index (χ0n) is 15.9. The molecule has 1 aliphatic carbocycles. The summed E-state index contributed by atoms with van der Waals surface area (Å²) in [5.74, 6) is 0.0349. The third kappa shape index (κ3) is 4.55. The van der Waals surface area contributed by atoms with Gasteiger partial charge in [-0.15, -0.1) is 0 Å². The number of rotatable bonds is 4. The molecule has 1 aliphatic heterocycles. The number of amides is 3. The maximum absolute atomic E-state index is 12.3. The summed E-state index contributed by atoms with van der Waals surface area (Å²) in [4.78, 5) is 29.8. The first-order valence-corrected chi connectivity index (χ1v) is 9.58. The molecule has 0 saturated carbocycles. The fourth-order valence-electron chi connectivity index (χ4n) is 3.89. The lowest BCUT2D eigenvalue weighted by Crippen LogP contribution is -2.55. The summed E-state index contributed by atoms with van der Waals surface area (Å²) in [5.41, 5.74) is 2.98. The van der Waals surface area contributed by atoms with E-state index >= 15 is 0 Å². The van der Waals surface area contributed by atoms with Crippen molar-refractivity contribution in [2.24, 2.45) is 0 Å². The van der Waals surface area contributed by atoms with E-state index in [1.54, 1.807) is 19.0 Å². The van der Waals surface area contributed by atoms with E-state index < -0.39 is 0 Å². The minimum absolute atomic E-state index is 0.0349. The predicted octanol–water partition coefficient (Wildman–Crippen LogP) is 1.35. The average molecular weight is 358 g/mol. The van der Waals surface area contributed by atoms with Crippen LogP contribution in [0.15, 0.2) is 24.3 Å². The average Bonchev–Trinajstić information content (AvgIpc) is 2.67. The number of carbonyl (C=O) groups excluding carboxylic acids is 2. The van der Waals surface area contributed by atoms with Crippen molar-refractivity contribution < 1.29 is 9.59 Å². The van der Waals surface area contributed by atoms with Crippen LogP contribution in [0.2, 0.25) is 0 Å². The van der Waals surface area contributed by atoms with Gasteiger partial charge in [-0.05, 0) is 30.4 Å². The molecule has 3 rings (SSSR count). The first-order chi connectivity index (χ1) is 12.5. The van der Waals surface area contributed by atoms with Crippen molar-refractivity contribution in [3.63, 3.8) is 0 Å². The Kier molecular flexibility index (Phi) is 6.14. The molecule has 1 aromatic carbocycles. The lowest BCUT2D eigenvalue weighted by molar-refractivity contribution is -0.128. The van der Waals surface area contributed by atoms with Gasteiger partial charge in [-0.1, -0.05) is 24.3 Å². The van der Waals surface area contributed by atoms with E-state index in [2.05, 4.69) is 34.5 Å². The Balaban J connectivity index is 1.42. The van der Waals surface area contributed by atoms with Crippen LogP contribution in [0.3, 0.4) is 0 Å². The molecule has 0 spiro atoms. The number of nitrogens with one attached hydrogen (secondary N) is 1. The number of carbonyl (C=O) groups is 2. The summed E-state index contributed by atoms with van der Waals surface area (Å²) < 4.78 is 0. The quantitative estimate of drug-likeness (QED) is 0.884. The van der Waals surface area contributed by atoms with Gasteiger partial charge >= 0.3 is 6.03 Å². The first-order valence-electron chi connectivity index (χ1n) is 9.58. The number of hydrogen-bond acceptors (Lipinski definition) is 3. The maximum Gasteiger partial charge on any atom is 0.317 e. The molecule has 1 aromatic rings.